The normalized spacial score (nSPS) is 10.4. The maximum absolute atomic E-state index is 6.03. The molecular weight excluding hydrogens is 246 g/mol. The van der Waals surface area contributed by atoms with Gasteiger partial charge in [0, 0.05) is 6.54 Å². The van der Waals surface area contributed by atoms with E-state index in [2.05, 4.69) is 10.2 Å². The molecule has 0 fully saturated rings. The second-order valence-electron chi connectivity index (χ2n) is 3.20. The molecule has 2 N–H and O–H groups in total. The summed E-state index contributed by atoms with van der Waals surface area (Å²) in [5, 5.41) is 9.45. The fraction of sp³-hybridized carbons (Fsp3) is 0.200. The molecule has 16 heavy (non-hydrogen) atoms. The van der Waals surface area contributed by atoms with E-state index in [0.717, 1.165) is 10.6 Å². The molecule has 0 unspecified atom stereocenters. The molecule has 0 saturated carbocycles. The summed E-state index contributed by atoms with van der Waals surface area (Å²) in [5.74, 6) is 0.576. The van der Waals surface area contributed by atoms with Crippen LogP contribution in [0.25, 0.3) is 0 Å². The topological polar surface area (TPSA) is 61.0 Å². The average Bonchev–Trinajstić information content (AvgIpc) is 2.70. The van der Waals surface area contributed by atoms with Gasteiger partial charge in [0.25, 0.3) is 5.19 Å². The van der Waals surface area contributed by atoms with Gasteiger partial charge < -0.3 is 10.5 Å². The number of nitrogens with zero attached hydrogens (tertiary/aromatic N) is 2. The van der Waals surface area contributed by atoms with E-state index in [4.69, 9.17) is 22.1 Å². The Hall–Kier alpha value is -1.17. The quantitative estimate of drug-likeness (QED) is 0.916. The molecule has 0 aliphatic carbocycles. The number of aryl methyl sites for hydroxylation is 1. The smallest absolute Gasteiger partial charge is 0.299 e. The van der Waals surface area contributed by atoms with Crippen molar-refractivity contribution in [1.29, 1.82) is 0 Å². The zero-order valence-electron chi connectivity index (χ0n) is 8.61. The summed E-state index contributed by atoms with van der Waals surface area (Å²) in [7, 11) is 0. The summed E-state index contributed by atoms with van der Waals surface area (Å²) in [4.78, 5) is 0. The first-order chi connectivity index (χ1) is 7.69. The van der Waals surface area contributed by atoms with Crippen molar-refractivity contribution in [2.24, 2.45) is 5.73 Å². The van der Waals surface area contributed by atoms with Crippen LogP contribution in [0.4, 0.5) is 0 Å². The third-order valence-corrected chi connectivity index (χ3v) is 3.03. The van der Waals surface area contributed by atoms with Crippen LogP contribution < -0.4 is 10.5 Å². The molecule has 1 heterocycles. The molecule has 0 radical (unpaired) electrons. The van der Waals surface area contributed by atoms with Crippen LogP contribution in [-0.4, -0.2) is 10.2 Å². The van der Waals surface area contributed by atoms with Crippen LogP contribution in [0.2, 0.25) is 5.02 Å². The molecule has 84 valence electrons. The van der Waals surface area contributed by atoms with Gasteiger partial charge in [-0.2, -0.15) is 0 Å². The zero-order chi connectivity index (χ0) is 11.5. The first-order valence-electron chi connectivity index (χ1n) is 4.65. The van der Waals surface area contributed by atoms with Gasteiger partial charge in [0.15, 0.2) is 0 Å². The predicted octanol–water partition coefficient (Wildman–Crippen LogP) is 2.75. The summed E-state index contributed by atoms with van der Waals surface area (Å²) in [6.45, 7) is 2.33. The van der Waals surface area contributed by atoms with E-state index in [1.165, 1.54) is 11.3 Å². The maximum atomic E-state index is 6.03. The van der Waals surface area contributed by atoms with Gasteiger partial charge in [-0.15, -0.1) is 5.10 Å². The molecule has 1 aromatic carbocycles. The van der Waals surface area contributed by atoms with Crippen molar-refractivity contribution in [2.45, 2.75) is 13.5 Å². The highest BCUT2D eigenvalue weighted by molar-refractivity contribution is 7.13. The Kier molecular flexibility index (Phi) is 3.38. The lowest BCUT2D eigenvalue weighted by Gasteiger charge is -2.03. The van der Waals surface area contributed by atoms with Crippen molar-refractivity contribution >= 4 is 22.9 Å². The van der Waals surface area contributed by atoms with Gasteiger partial charge >= 0.3 is 0 Å². The minimum atomic E-state index is 0.364. The fourth-order valence-electron chi connectivity index (χ4n) is 1.14. The average molecular weight is 256 g/mol. The van der Waals surface area contributed by atoms with Crippen molar-refractivity contribution in [2.75, 3.05) is 0 Å². The largest absolute Gasteiger partial charge is 0.428 e. The Morgan fingerprint density at radius 1 is 1.44 bits per heavy atom. The van der Waals surface area contributed by atoms with E-state index in [9.17, 15) is 0 Å². The Labute approximate surface area is 102 Å². The van der Waals surface area contributed by atoms with Gasteiger partial charge in [-0.05, 0) is 24.6 Å². The van der Waals surface area contributed by atoms with Crippen LogP contribution >= 0.6 is 22.9 Å². The van der Waals surface area contributed by atoms with Gasteiger partial charge in [-0.1, -0.05) is 34.1 Å². The molecule has 0 aliphatic heterocycles. The first kappa shape index (κ1) is 11.3. The molecule has 4 nitrogen and oxygen atoms in total. The standard InChI is InChI=1S/C10H10ClN3OS/c1-6-2-3-8(7(11)4-6)15-10-14-13-9(5-12)16-10/h2-4H,5,12H2,1H3. The number of aromatic nitrogens is 2. The van der Waals surface area contributed by atoms with Crippen LogP contribution in [0.5, 0.6) is 10.9 Å². The molecule has 1 aromatic heterocycles. The summed E-state index contributed by atoms with van der Waals surface area (Å²) in [6.07, 6.45) is 0. The van der Waals surface area contributed by atoms with Crippen LogP contribution in [-0.2, 0) is 6.54 Å². The van der Waals surface area contributed by atoms with Crippen molar-refractivity contribution in [3.05, 3.63) is 33.8 Å². The van der Waals surface area contributed by atoms with Crippen molar-refractivity contribution in [3.8, 4) is 10.9 Å². The minimum Gasteiger partial charge on any atom is -0.428 e. The lowest BCUT2D eigenvalue weighted by molar-refractivity contribution is 0.473. The van der Waals surface area contributed by atoms with E-state index < -0.39 is 0 Å². The molecular formula is C10H10ClN3OS. The second-order valence-corrected chi connectivity index (χ2v) is 4.63. The highest BCUT2D eigenvalue weighted by Crippen LogP contribution is 2.31. The van der Waals surface area contributed by atoms with Gasteiger partial charge in [0.05, 0.1) is 5.02 Å². The van der Waals surface area contributed by atoms with Crippen LogP contribution in [0.15, 0.2) is 18.2 Å². The van der Waals surface area contributed by atoms with E-state index in [1.807, 2.05) is 19.1 Å². The maximum Gasteiger partial charge on any atom is 0.299 e. The van der Waals surface area contributed by atoms with Gasteiger partial charge in [-0.25, -0.2) is 0 Å². The Morgan fingerprint density at radius 2 is 2.25 bits per heavy atom. The molecule has 2 aromatic rings. The number of rotatable bonds is 3. The Morgan fingerprint density at radius 3 is 2.88 bits per heavy atom. The fourth-order valence-corrected chi connectivity index (χ4v) is 2.00. The van der Waals surface area contributed by atoms with Crippen LogP contribution in [0.1, 0.15) is 10.6 Å². The zero-order valence-corrected chi connectivity index (χ0v) is 10.2. The van der Waals surface area contributed by atoms with Crippen molar-refractivity contribution < 1.29 is 4.74 Å². The minimum absolute atomic E-state index is 0.364. The monoisotopic (exact) mass is 255 g/mol. The summed E-state index contributed by atoms with van der Waals surface area (Å²) < 4.78 is 5.50. The lowest BCUT2D eigenvalue weighted by Crippen LogP contribution is -1.94. The molecule has 0 bridgehead atoms. The van der Waals surface area contributed by atoms with Crippen molar-refractivity contribution in [3.63, 3.8) is 0 Å². The van der Waals surface area contributed by atoms with Crippen LogP contribution in [0.3, 0.4) is 0 Å². The number of nitrogens with two attached hydrogens (primary N) is 1. The molecule has 0 aliphatic rings. The number of halogens is 1. The van der Waals surface area contributed by atoms with Gasteiger partial charge in [0.2, 0.25) is 0 Å². The van der Waals surface area contributed by atoms with Crippen LogP contribution in [0, 0.1) is 6.92 Å². The van der Waals surface area contributed by atoms with E-state index in [0.29, 0.717) is 22.5 Å². The van der Waals surface area contributed by atoms with Gasteiger partial charge in [-0.3, -0.25) is 0 Å². The van der Waals surface area contributed by atoms with E-state index >= 15 is 0 Å². The summed E-state index contributed by atoms with van der Waals surface area (Å²) in [5.41, 5.74) is 6.51. The molecule has 0 atom stereocenters. The second kappa shape index (κ2) is 4.78. The highest BCUT2D eigenvalue weighted by Gasteiger charge is 2.07. The lowest BCUT2D eigenvalue weighted by atomic mass is 10.2. The Bertz CT molecular complexity index is 501. The number of benzene rings is 1. The van der Waals surface area contributed by atoms with Gasteiger partial charge in [0.1, 0.15) is 10.8 Å². The predicted molar refractivity (Wildman–Crippen MR) is 64.1 cm³/mol. The van der Waals surface area contributed by atoms with E-state index in [1.54, 1.807) is 6.07 Å². The third-order valence-electron chi connectivity index (χ3n) is 1.91. The van der Waals surface area contributed by atoms with E-state index in [-0.39, 0.29) is 0 Å². The number of hydrogen-bond acceptors (Lipinski definition) is 5. The molecule has 0 saturated heterocycles. The first-order valence-corrected chi connectivity index (χ1v) is 5.85. The molecule has 0 amide bonds. The number of ether oxygens (including phenoxy) is 1. The molecule has 6 heteroatoms. The SMILES string of the molecule is Cc1ccc(Oc2nnc(CN)s2)c(Cl)c1. The molecule has 0 spiro atoms. The summed E-state index contributed by atoms with van der Waals surface area (Å²) >= 11 is 7.34. The van der Waals surface area contributed by atoms with Crippen molar-refractivity contribution in [1.82, 2.24) is 10.2 Å². The summed E-state index contributed by atoms with van der Waals surface area (Å²) in [6, 6.07) is 5.56. The molecule has 2 rings (SSSR count). The Balaban J connectivity index is 2.20. The number of hydrogen-bond donors (Lipinski definition) is 1. The third kappa shape index (κ3) is 2.49. The highest BCUT2D eigenvalue weighted by atomic mass is 35.5.